The Morgan fingerprint density at radius 2 is 1.66 bits per heavy atom. The van der Waals surface area contributed by atoms with Crippen LogP contribution < -0.4 is 28.3 Å². The van der Waals surface area contributed by atoms with Crippen molar-refractivity contribution < 1.29 is 9.59 Å². The number of hydrogen-bond donors (Lipinski definition) is 5. The molecule has 0 unspecified atom stereocenters. The van der Waals surface area contributed by atoms with E-state index < -0.39 is 5.91 Å². The van der Waals surface area contributed by atoms with E-state index in [1.807, 2.05) is 13.0 Å². The summed E-state index contributed by atoms with van der Waals surface area (Å²) in [5.74, 6) is -1.41. The lowest BCUT2D eigenvalue weighted by Gasteiger charge is -2.09. The van der Waals surface area contributed by atoms with Gasteiger partial charge < -0.3 is 22.9 Å². The molecule has 0 saturated carbocycles. The molecule has 0 saturated heterocycles. The molecule has 11 heteroatoms. The summed E-state index contributed by atoms with van der Waals surface area (Å²) in [6.07, 6.45) is 3.20. The number of nitrogen functional groups attached to an aromatic ring is 2. The molecule has 1 heterocycles. The number of aryl methyl sites for hydroxylation is 1. The molecule has 0 radical (unpaired) electrons. The number of fused-ring (bicyclic) bond motifs is 1. The zero-order valence-corrected chi connectivity index (χ0v) is 20.2. The summed E-state index contributed by atoms with van der Waals surface area (Å²) in [7, 11) is 0. The van der Waals surface area contributed by atoms with Crippen molar-refractivity contribution in [3.63, 3.8) is 0 Å². The number of unbranched alkanes of at least 4 members (excludes halogenated alkanes) is 1. The Morgan fingerprint density at radius 3 is 2.34 bits per heavy atom. The number of aromatic nitrogens is 2. The van der Waals surface area contributed by atoms with E-state index in [9.17, 15) is 9.59 Å². The fraction of sp³-hybridized carbons (Fsp3) is 0.292. The molecule has 0 spiro atoms. The van der Waals surface area contributed by atoms with Gasteiger partial charge in [0.05, 0.1) is 0 Å². The average molecular weight is 497 g/mol. The SMILES string of the molecule is C[C@@H](Cc1ccc2cc(CCCCN=C(N)NC(=O)c3nc(Cl)c(N)nc3N)ccc2c1)C(N)=O. The van der Waals surface area contributed by atoms with Crippen molar-refractivity contribution in [1.29, 1.82) is 0 Å². The van der Waals surface area contributed by atoms with Crippen molar-refractivity contribution in [2.24, 2.45) is 22.4 Å². The number of aliphatic imine (C=N–C) groups is 1. The fourth-order valence-electron chi connectivity index (χ4n) is 3.55. The van der Waals surface area contributed by atoms with E-state index in [0.29, 0.717) is 13.0 Å². The Labute approximate surface area is 208 Å². The van der Waals surface area contributed by atoms with Crippen molar-refractivity contribution in [3.05, 3.63) is 58.4 Å². The lowest BCUT2D eigenvalue weighted by atomic mass is 9.96. The minimum Gasteiger partial charge on any atom is -0.382 e. The number of halogens is 1. The minimum atomic E-state index is -0.665. The van der Waals surface area contributed by atoms with Gasteiger partial charge in [0.1, 0.15) is 0 Å². The third-order valence-corrected chi connectivity index (χ3v) is 5.79. The van der Waals surface area contributed by atoms with Gasteiger partial charge in [0.15, 0.2) is 28.4 Å². The number of amides is 2. The highest BCUT2D eigenvalue weighted by atomic mass is 35.5. The Kier molecular flexibility index (Phi) is 8.43. The number of primary amides is 1. The van der Waals surface area contributed by atoms with E-state index >= 15 is 0 Å². The van der Waals surface area contributed by atoms with Gasteiger partial charge in [-0.15, -0.1) is 0 Å². The number of rotatable bonds is 9. The third kappa shape index (κ3) is 7.03. The summed E-state index contributed by atoms with van der Waals surface area (Å²) in [5.41, 5.74) is 24.5. The van der Waals surface area contributed by atoms with Crippen LogP contribution in [0.3, 0.4) is 0 Å². The Balaban J connectivity index is 1.48. The maximum absolute atomic E-state index is 12.2. The normalized spacial score (nSPS) is 12.5. The van der Waals surface area contributed by atoms with Crippen LogP contribution in [0.25, 0.3) is 10.8 Å². The number of benzene rings is 2. The van der Waals surface area contributed by atoms with Crippen LogP contribution in [0.1, 0.15) is 41.4 Å². The number of carbonyl (C=O) groups excluding carboxylic acids is 2. The van der Waals surface area contributed by atoms with Crippen LogP contribution in [0.4, 0.5) is 11.6 Å². The summed E-state index contributed by atoms with van der Waals surface area (Å²) in [5, 5.41) is 4.57. The number of carbonyl (C=O) groups is 2. The fourth-order valence-corrected chi connectivity index (χ4v) is 3.67. The van der Waals surface area contributed by atoms with Crippen LogP contribution in [-0.2, 0) is 17.6 Å². The second-order valence-electron chi connectivity index (χ2n) is 8.34. The molecule has 0 bridgehead atoms. The minimum absolute atomic E-state index is 0.0451. The average Bonchev–Trinajstić information content (AvgIpc) is 2.81. The molecule has 3 rings (SSSR count). The van der Waals surface area contributed by atoms with E-state index in [-0.39, 0.29) is 40.3 Å². The second kappa shape index (κ2) is 11.5. The van der Waals surface area contributed by atoms with Crippen LogP contribution in [-0.4, -0.2) is 34.3 Å². The highest BCUT2D eigenvalue weighted by molar-refractivity contribution is 6.31. The molecule has 1 aromatic heterocycles. The predicted molar refractivity (Wildman–Crippen MR) is 139 cm³/mol. The van der Waals surface area contributed by atoms with Gasteiger partial charge in [-0.1, -0.05) is 54.9 Å². The van der Waals surface area contributed by atoms with Crippen LogP contribution in [0.2, 0.25) is 5.15 Å². The Morgan fingerprint density at radius 1 is 1.00 bits per heavy atom. The standard InChI is InChI=1S/C24H29ClN8O2/c1-13(22(28)34)10-15-6-8-16-11-14(5-7-17(16)12-15)4-2-3-9-30-24(29)33-23(35)18-20(26)32-21(27)19(25)31-18/h5-8,11-13H,2-4,9-10H2,1H3,(H2,28,34)(H4,26,27,32)(H3,29,30,33,35)/t13-/m0/s1. The molecule has 2 aromatic carbocycles. The third-order valence-electron chi connectivity index (χ3n) is 5.51. The number of nitrogens with zero attached hydrogens (tertiary/aromatic N) is 3. The van der Waals surface area contributed by atoms with E-state index in [1.54, 1.807) is 0 Å². The zero-order chi connectivity index (χ0) is 25.5. The molecule has 9 N–H and O–H groups in total. The van der Waals surface area contributed by atoms with Gasteiger partial charge in [-0.3, -0.25) is 19.9 Å². The van der Waals surface area contributed by atoms with E-state index in [0.717, 1.165) is 35.6 Å². The lowest BCUT2D eigenvalue weighted by molar-refractivity contribution is -0.121. The quantitative estimate of drug-likeness (QED) is 0.170. The largest absolute Gasteiger partial charge is 0.382 e. The van der Waals surface area contributed by atoms with Crippen molar-refractivity contribution in [3.8, 4) is 0 Å². The van der Waals surface area contributed by atoms with Gasteiger partial charge in [0.25, 0.3) is 5.91 Å². The number of hydrogen-bond acceptors (Lipinski definition) is 7. The molecule has 0 aliphatic rings. The smallest absolute Gasteiger partial charge is 0.280 e. The summed E-state index contributed by atoms with van der Waals surface area (Å²) in [4.78, 5) is 35.3. The maximum atomic E-state index is 12.2. The lowest BCUT2D eigenvalue weighted by Crippen LogP contribution is -2.38. The van der Waals surface area contributed by atoms with Gasteiger partial charge in [0.2, 0.25) is 5.91 Å². The van der Waals surface area contributed by atoms with Crippen molar-refractivity contribution in [2.75, 3.05) is 18.0 Å². The highest BCUT2D eigenvalue weighted by Gasteiger charge is 2.16. The van der Waals surface area contributed by atoms with Gasteiger partial charge in [0, 0.05) is 12.5 Å². The van der Waals surface area contributed by atoms with Crippen molar-refractivity contribution in [2.45, 2.75) is 32.6 Å². The molecule has 35 heavy (non-hydrogen) atoms. The monoisotopic (exact) mass is 496 g/mol. The summed E-state index contributed by atoms with van der Waals surface area (Å²) in [6, 6.07) is 12.6. The Hall–Kier alpha value is -3.92. The van der Waals surface area contributed by atoms with E-state index in [4.69, 9.17) is 34.5 Å². The van der Waals surface area contributed by atoms with Gasteiger partial charge in [-0.2, -0.15) is 0 Å². The van der Waals surface area contributed by atoms with Crippen molar-refractivity contribution in [1.82, 2.24) is 15.3 Å². The number of anilines is 2. The second-order valence-corrected chi connectivity index (χ2v) is 8.69. The molecule has 3 aromatic rings. The molecule has 184 valence electrons. The van der Waals surface area contributed by atoms with Crippen LogP contribution in [0, 0.1) is 5.92 Å². The molecule has 2 amide bonds. The first-order valence-corrected chi connectivity index (χ1v) is 11.5. The molecule has 1 atom stereocenters. The summed E-state index contributed by atoms with van der Waals surface area (Å²) >= 11 is 5.79. The molecule has 10 nitrogen and oxygen atoms in total. The number of nitrogens with two attached hydrogens (primary N) is 4. The van der Waals surface area contributed by atoms with Crippen molar-refractivity contribution >= 4 is 51.8 Å². The summed E-state index contributed by atoms with van der Waals surface area (Å²) in [6.45, 7) is 2.28. The number of nitrogens with one attached hydrogen (secondary N) is 1. The van der Waals surface area contributed by atoms with E-state index in [2.05, 4.69) is 50.6 Å². The predicted octanol–water partition coefficient (Wildman–Crippen LogP) is 2.18. The van der Waals surface area contributed by atoms with Gasteiger partial charge >= 0.3 is 0 Å². The first-order valence-electron chi connectivity index (χ1n) is 11.1. The molecule has 0 aliphatic carbocycles. The van der Waals surface area contributed by atoms with Gasteiger partial charge in [-0.05, 0) is 47.6 Å². The maximum Gasteiger partial charge on any atom is 0.280 e. The van der Waals surface area contributed by atoms with Crippen LogP contribution in [0.15, 0.2) is 41.4 Å². The summed E-state index contributed by atoms with van der Waals surface area (Å²) < 4.78 is 0. The first kappa shape index (κ1) is 25.7. The van der Waals surface area contributed by atoms with Gasteiger partial charge in [-0.25, -0.2) is 9.97 Å². The Bertz CT molecular complexity index is 1280. The molecule has 0 aliphatic heterocycles. The van der Waals surface area contributed by atoms with E-state index in [1.165, 1.54) is 5.56 Å². The molecule has 0 fully saturated rings. The molecular weight excluding hydrogens is 468 g/mol. The molecular formula is C24H29ClN8O2. The van der Waals surface area contributed by atoms with Crippen LogP contribution in [0.5, 0.6) is 0 Å². The van der Waals surface area contributed by atoms with Crippen LogP contribution >= 0.6 is 11.6 Å². The number of guanidine groups is 1. The zero-order valence-electron chi connectivity index (χ0n) is 19.4. The topological polar surface area (TPSA) is 188 Å². The first-order chi connectivity index (χ1) is 16.6. The highest BCUT2D eigenvalue weighted by Crippen LogP contribution is 2.21.